The molecule has 0 unspecified atom stereocenters. The summed E-state index contributed by atoms with van der Waals surface area (Å²) in [7, 11) is 0. The van der Waals surface area contributed by atoms with Gasteiger partial charge in [0.25, 0.3) is 5.91 Å². The Morgan fingerprint density at radius 3 is 2.48 bits per heavy atom. The second-order valence-electron chi connectivity index (χ2n) is 6.45. The van der Waals surface area contributed by atoms with E-state index >= 15 is 0 Å². The molecule has 0 aliphatic heterocycles. The van der Waals surface area contributed by atoms with E-state index in [-0.39, 0.29) is 5.91 Å². The quantitative estimate of drug-likeness (QED) is 0.900. The van der Waals surface area contributed by atoms with Crippen LogP contribution < -0.4 is 5.32 Å². The zero-order chi connectivity index (χ0) is 16.0. The zero-order valence-electron chi connectivity index (χ0n) is 13.4. The molecule has 0 fully saturated rings. The van der Waals surface area contributed by atoms with E-state index in [1.54, 1.807) is 38.4 Å². The van der Waals surface area contributed by atoms with E-state index in [4.69, 9.17) is 0 Å². The van der Waals surface area contributed by atoms with Crippen LogP contribution in [0.1, 0.15) is 49.4 Å². The number of amides is 1. The molecule has 0 saturated heterocycles. The third kappa shape index (κ3) is 2.76. The molecule has 2 aromatic heterocycles. The van der Waals surface area contributed by atoms with Crippen LogP contribution in [-0.2, 0) is 0 Å². The minimum atomic E-state index is -1.05. The monoisotopic (exact) mass is 290 g/mol. The first-order valence-corrected chi connectivity index (χ1v) is 6.90. The molecule has 0 radical (unpaired) electrons. The number of hydrogen-bond acceptors (Lipinski definition) is 4. The normalized spacial score (nSPS) is 12.7. The van der Waals surface area contributed by atoms with Crippen LogP contribution in [0.4, 0.5) is 0 Å². The van der Waals surface area contributed by atoms with Gasteiger partial charge < -0.3 is 10.4 Å². The van der Waals surface area contributed by atoms with E-state index in [2.05, 4.69) is 15.4 Å². The van der Waals surface area contributed by atoms with E-state index in [0.29, 0.717) is 11.2 Å². The SMILES string of the molecule is Cc1cc2ncc(C(=O)NC(C)(C)C(C)(C)O)c(C)n2n1. The molecule has 0 saturated carbocycles. The predicted molar refractivity (Wildman–Crippen MR) is 80.3 cm³/mol. The number of carbonyl (C=O) groups excluding carboxylic acids is 1. The summed E-state index contributed by atoms with van der Waals surface area (Å²) in [6.45, 7) is 10.6. The number of aromatic nitrogens is 3. The molecule has 1 amide bonds. The first-order valence-electron chi connectivity index (χ1n) is 6.90. The molecular weight excluding hydrogens is 268 g/mol. The maximum Gasteiger partial charge on any atom is 0.255 e. The van der Waals surface area contributed by atoms with Crippen molar-refractivity contribution in [1.82, 2.24) is 19.9 Å². The lowest BCUT2D eigenvalue weighted by molar-refractivity contribution is -0.00296. The Morgan fingerprint density at radius 1 is 1.29 bits per heavy atom. The number of fused-ring (bicyclic) bond motifs is 1. The van der Waals surface area contributed by atoms with Crippen molar-refractivity contribution in [1.29, 1.82) is 0 Å². The van der Waals surface area contributed by atoms with Gasteiger partial charge in [0.2, 0.25) is 0 Å². The summed E-state index contributed by atoms with van der Waals surface area (Å²) in [5.41, 5.74) is 0.908. The molecule has 2 heterocycles. The fourth-order valence-electron chi connectivity index (χ4n) is 1.89. The van der Waals surface area contributed by atoms with Gasteiger partial charge in [-0.25, -0.2) is 9.50 Å². The summed E-state index contributed by atoms with van der Waals surface area (Å²) in [5.74, 6) is -0.276. The van der Waals surface area contributed by atoms with E-state index in [0.717, 1.165) is 11.4 Å². The predicted octanol–water partition coefficient (Wildman–Crippen LogP) is 1.63. The molecule has 0 atom stereocenters. The minimum absolute atomic E-state index is 0.276. The van der Waals surface area contributed by atoms with Crippen molar-refractivity contribution in [3.05, 3.63) is 29.2 Å². The first kappa shape index (κ1) is 15.4. The Balaban J connectivity index is 2.38. The Bertz CT molecular complexity index is 695. The molecule has 114 valence electrons. The Labute approximate surface area is 124 Å². The Morgan fingerprint density at radius 2 is 1.90 bits per heavy atom. The van der Waals surface area contributed by atoms with Crippen LogP contribution in [0.3, 0.4) is 0 Å². The molecule has 0 aliphatic rings. The van der Waals surface area contributed by atoms with Gasteiger partial charge in [0.1, 0.15) is 0 Å². The number of nitrogens with one attached hydrogen (secondary N) is 1. The van der Waals surface area contributed by atoms with Gasteiger partial charge in [-0.3, -0.25) is 4.79 Å². The van der Waals surface area contributed by atoms with Gasteiger partial charge in [0.15, 0.2) is 5.65 Å². The van der Waals surface area contributed by atoms with Crippen molar-refractivity contribution >= 4 is 11.6 Å². The highest BCUT2D eigenvalue weighted by Crippen LogP contribution is 2.21. The van der Waals surface area contributed by atoms with Crippen LogP contribution in [-0.4, -0.2) is 36.8 Å². The van der Waals surface area contributed by atoms with E-state index in [1.807, 2.05) is 19.9 Å². The number of aliphatic hydroxyl groups is 1. The molecule has 0 aromatic carbocycles. The van der Waals surface area contributed by atoms with Crippen molar-refractivity contribution < 1.29 is 9.90 Å². The van der Waals surface area contributed by atoms with Gasteiger partial charge in [0.05, 0.1) is 28.1 Å². The van der Waals surface area contributed by atoms with Gasteiger partial charge in [0, 0.05) is 12.3 Å². The summed E-state index contributed by atoms with van der Waals surface area (Å²) < 4.78 is 1.65. The molecule has 2 aromatic rings. The zero-order valence-corrected chi connectivity index (χ0v) is 13.4. The molecule has 0 bridgehead atoms. The topological polar surface area (TPSA) is 79.5 Å². The molecule has 21 heavy (non-hydrogen) atoms. The van der Waals surface area contributed by atoms with Gasteiger partial charge in [-0.05, 0) is 41.5 Å². The third-order valence-electron chi connectivity index (χ3n) is 4.05. The van der Waals surface area contributed by atoms with Crippen molar-refractivity contribution in [3.63, 3.8) is 0 Å². The molecule has 2 rings (SSSR count). The smallest absolute Gasteiger partial charge is 0.255 e. The van der Waals surface area contributed by atoms with Crippen LogP contribution >= 0.6 is 0 Å². The summed E-state index contributed by atoms with van der Waals surface area (Å²) >= 11 is 0. The third-order valence-corrected chi connectivity index (χ3v) is 4.05. The average molecular weight is 290 g/mol. The highest BCUT2D eigenvalue weighted by atomic mass is 16.3. The number of aryl methyl sites for hydroxylation is 2. The number of rotatable bonds is 3. The summed E-state index contributed by atoms with van der Waals surface area (Å²) in [6.07, 6.45) is 1.54. The van der Waals surface area contributed by atoms with Crippen LogP contribution in [0, 0.1) is 13.8 Å². The summed E-state index contributed by atoms with van der Waals surface area (Å²) in [6, 6.07) is 1.86. The van der Waals surface area contributed by atoms with E-state index in [1.165, 1.54) is 0 Å². The van der Waals surface area contributed by atoms with Gasteiger partial charge in [-0.1, -0.05) is 0 Å². The second-order valence-corrected chi connectivity index (χ2v) is 6.45. The maximum absolute atomic E-state index is 12.5. The highest BCUT2D eigenvalue weighted by Gasteiger charge is 2.36. The van der Waals surface area contributed by atoms with E-state index in [9.17, 15) is 9.90 Å². The number of hydrogen-bond donors (Lipinski definition) is 2. The van der Waals surface area contributed by atoms with Gasteiger partial charge in [-0.15, -0.1) is 0 Å². The number of carbonyl (C=O) groups is 1. The average Bonchev–Trinajstić information content (AvgIpc) is 2.68. The lowest BCUT2D eigenvalue weighted by Gasteiger charge is -2.38. The van der Waals surface area contributed by atoms with Crippen LogP contribution in [0.25, 0.3) is 5.65 Å². The second kappa shape index (κ2) is 4.80. The Hall–Kier alpha value is -1.95. The molecule has 6 nitrogen and oxygen atoms in total. The van der Waals surface area contributed by atoms with Crippen molar-refractivity contribution in [2.24, 2.45) is 0 Å². The fraction of sp³-hybridized carbons (Fsp3) is 0.533. The maximum atomic E-state index is 12.5. The summed E-state index contributed by atoms with van der Waals surface area (Å²) in [5, 5.41) is 17.3. The lowest BCUT2D eigenvalue weighted by atomic mass is 9.86. The minimum Gasteiger partial charge on any atom is -0.388 e. The van der Waals surface area contributed by atoms with Crippen LogP contribution in [0.5, 0.6) is 0 Å². The lowest BCUT2D eigenvalue weighted by Crippen LogP contribution is -2.57. The Kier molecular flexibility index (Phi) is 3.53. The largest absolute Gasteiger partial charge is 0.388 e. The van der Waals surface area contributed by atoms with Gasteiger partial charge in [-0.2, -0.15) is 5.10 Å². The molecular formula is C15H22N4O2. The molecule has 0 aliphatic carbocycles. The molecule has 6 heteroatoms. The first-order chi connectivity index (χ1) is 9.53. The standard InChI is InChI=1S/C15H22N4O2/c1-9-7-12-16-8-11(10(2)19(12)18-9)13(20)17-14(3,4)15(5,6)21/h7-8,21H,1-6H3,(H,17,20). The molecule has 2 N–H and O–H groups in total. The van der Waals surface area contributed by atoms with Gasteiger partial charge >= 0.3 is 0 Å². The molecule has 0 spiro atoms. The van der Waals surface area contributed by atoms with Crippen LogP contribution in [0.15, 0.2) is 12.3 Å². The number of nitrogens with zero attached hydrogens (tertiary/aromatic N) is 3. The summed E-state index contributed by atoms with van der Waals surface area (Å²) in [4.78, 5) is 16.7. The fourth-order valence-corrected chi connectivity index (χ4v) is 1.89. The van der Waals surface area contributed by atoms with Crippen molar-refractivity contribution in [2.45, 2.75) is 52.7 Å². The van der Waals surface area contributed by atoms with Crippen molar-refractivity contribution in [3.8, 4) is 0 Å². The highest BCUT2D eigenvalue weighted by molar-refractivity contribution is 5.95. The van der Waals surface area contributed by atoms with E-state index < -0.39 is 11.1 Å². The van der Waals surface area contributed by atoms with Crippen LogP contribution in [0.2, 0.25) is 0 Å². The van der Waals surface area contributed by atoms with Crippen molar-refractivity contribution in [2.75, 3.05) is 0 Å².